The Kier molecular flexibility index (Phi) is 3.09. The molecule has 1 aliphatic heterocycles. The number of piperazine rings is 1. The molecule has 1 amide bonds. The van der Waals surface area contributed by atoms with Crippen LogP contribution in [0, 0.1) is 5.92 Å². The van der Waals surface area contributed by atoms with Crippen LogP contribution in [0.4, 0.5) is 0 Å². The summed E-state index contributed by atoms with van der Waals surface area (Å²) < 4.78 is 0. The molecule has 0 aromatic heterocycles. The summed E-state index contributed by atoms with van der Waals surface area (Å²) in [7, 11) is 0. The highest BCUT2D eigenvalue weighted by Crippen LogP contribution is 2.49. The molecule has 2 unspecified atom stereocenters. The third-order valence-corrected chi connectivity index (χ3v) is 4.40. The minimum atomic E-state index is -0.0564. The number of amides is 1. The fraction of sp³-hybridized carbons (Fsp3) is 0.562. The Morgan fingerprint density at radius 1 is 1.32 bits per heavy atom. The maximum absolute atomic E-state index is 12.7. The van der Waals surface area contributed by atoms with Crippen molar-refractivity contribution in [1.29, 1.82) is 0 Å². The van der Waals surface area contributed by atoms with E-state index in [-0.39, 0.29) is 11.5 Å². The van der Waals surface area contributed by atoms with Gasteiger partial charge in [-0.25, -0.2) is 0 Å². The van der Waals surface area contributed by atoms with Crippen molar-refractivity contribution in [1.82, 2.24) is 10.2 Å². The van der Waals surface area contributed by atoms with Crippen LogP contribution in [0.15, 0.2) is 30.3 Å². The molecule has 3 nitrogen and oxygen atoms in total. The first-order valence-electron chi connectivity index (χ1n) is 7.17. The Morgan fingerprint density at radius 2 is 2.05 bits per heavy atom. The summed E-state index contributed by atoms with van der Waals surface area (Å²) in [6.07, 6.45) is 1.02. The second-order valence-corrected chi connectivity index (χ2v) is 6.34. The molecular weight excluding hydrogens is 236 g/mol. The number of carbonyl (C=O) groups excluding carboxylic acids is 1. The van der Waals surface area contributed by atoms with Crippen LogP contribution in [0.5, 0.6) is 0 Å². The topological polar surface area (TPSA) is 32.3 Å². The first-order chi connectivity index (χ1) is 9.09. The molecule has 1 heterocycles. The zero-order chi connectivity index (χ0) is 13.5. The fourth-order valence-corrected chi connectivity index (χ4v) is 3.13. The zero-order valence-electron chi connectivity index (χ0n) is 11.7. The van der Waals surface area contributed by atoms with Crippen molar-refractivity contribution in [2.24, 2.45) is 5.92 Å². The van der Waals surface area contributed by atoms with Crippen molar-refractivity contribution in [3.05, 3.63) is 35.9 Å². The molecule has 1 aromatic carbocycles. The molecule has 0 radical (unpaired) electrons. The average molecular weight is 258 g/mol. The predicted octanol–water partition coefficient (Wildman–Crippen LogP) is 2.00. The van der Waals surface area contributed by atoms with Gasteiger partial charge in [-0.1, -0.05) is 30.3 Å². The van der Waals surface area contributed by atoms with Gasteiger partial charge in [0.25, 0.3) is 0 Å². The lowest BCUT2D eigenvalue weighted by atomic mass is 9.99. The summed E-state index contributed by atoms with van der Waals surface area (Å²) in [5.74, 6) is 1.000. The van der Waals surface area contributed by atoms with Gasteiger partial charge in [0.05, 0.1) is 0 Å². The summed E-state index contributed by atoms with van der Waals surface area (Å²) in [6.45, 7) is 6.94. The van der Waals surface area contributed by atoms with Crippen LogP contribution in [0.3, 0.4) is 0 Å². The van der Waals surface area contributed by atoms with E-state index in [1.165, 1.54) is 5.56 Å². The number of hydrogen-bond donors (Lipinski definition) is 1. The molecule has 2 atom stereocenters. The van der Waals surface area contributed by atoms with E-state index < -0.39 is 0 Å². The van der Waals surface area contributed by atoms with Gasteiger partial charge in [-0.3, -0.25) is 4.79 Å². The smallest absolute Gasteiger partial charge is 0.226 e. The minimum absolute atomic E-state index is 0.0564. The number of hydrogen-bond acceptors (Lipinski definition) is 2. The van der Waals surface area contributed by atoms with Gasteiger partial charge in [0, 0.05) is 31.1 Å². The number of nitrogens with zero attached hydrogens (tertiary/aromatic N) is 1. The molecule has 2 fully saturated rings. The third-order valence-electron chi connectivity index (χ3n) is 4.40. The molecule has 2 aliphatic rings. The first-order valence-corrected chi connectivity index (χ1v) is 7.17. The van der Waals surface area contributed by atoms with Crippen molar-refractivity contribution in [3.63, 3.8) is 0 Å². The predicted molar refractivity (Wildman–Crippen MR) is 76.0 cm³/mol. The third kappa shape index (κ3) is 2.39. The van der Waals surface area contributed by atoms with E-state index in [2.05, 4.69) is 48.3 Å². The van der Waals surface area contributed by atoms with E-state index in [1.54, 1.807) is 0 Å². The number of nitrogens with one attached hydrogen (secondary N) is 1. The quantitative estimate of drug-likeness (QED) is 0.880. The summed E-state index contributed by atoms with van der Waals surface area (Å²) in [4.78, 5) is 14.7. The fourth-order valence-electron chi connectivity index (χ4n) is 3.13. The van der Waals surface area contributed by atoms with Crippen LogP contribution in [-0.2, 0) is 4.79 Å². The van der Waals surface area contributed by atoms with Crippen LogP contribution < -0.4 is 5.32 Å². The average Bonchev–Trinajstić information content (AvgIpc) is 3.19. The molecule has 3 rings (SSSR count). The largest absolute Gasteiger partial charge is 0.335 e. The maximum atomic E-state index is 12.7. The monoisotopic (exact) mass is 258 g/mol. The highest BCUT2D eigenvalue weighted by Gasteiger charge is 2.48. The highest BCUT2D eigenvalue weighted by molar-refractivity contribution is 5.83. The molecule has 102 valence electrons. The number of carbonyl (C=O) groups is 1. The molecule has 0 bridgehead atoms. The Labute approximate surface area is 115 Å². The Bertz CT molecular complexity index is 469. The van der Waals surface area contributed by atoms with Crippen molar-refractivity contribution in [2.45, 2.75) is 31.7 Å². The zero-order valence-corrected chi connectivity index (χ0v) is 11.7. The van der Waals surface area contributed by atoms with Gasteiger partial charge in [-0.05, 0) is 31.7 Å². The molecule has 1 aliphatic carbocycles. The van der Waals surface area contributed by atoms with Crippen LogP contribution in [0.1, 0.15) is 31.7 Å². The number of rotatable bonds is 2. The van der Waals surface area contributed by atoms with Crippen LogP contribution >= 0.6 is 0 Å². The maximum Gasteiger partial charge on any atom is 0.226 e. The van der Waals surface area contributed by atoms with E-state index in [4.69, 9.17) is 0 Å². The SMILES string of the molecule is CC1(C)CNCCN1C(=O)C1CC1c1ccccc1. The van der Waals surface area contributed by atoms with Crippen molar-refractivity contribution in [2.75, 3.05) is 19.6 Å². The molecule has 1 saturated heterocycles. The Hall–Kier alpha value is -1.35. The summed E-state index contributed by atoms with van der Waals surface area (Å²) in [6, 6.07) is 10.4. The normalized spacial score (nSPS) is 29.1. The van der Waals surface area contributed by atoms with Crippen LogP contribution in [-0.4, -0.2) is 36.0 Å². The first kappa shape index (κ1) is 12.7. The van der Waals surface area contributed by atoms with Gasteiger partial charge in [0.1, 0.15) is 0 Å². The Balaban J connectivity index is 1.70. The van der Waals surface area contributed by atoms with E-state index in [0.29, 0.717) is 11.8 Å². The second kappa shape index (κ2) is 4.64. The molecule has 1 saturated carbocycles. The van der Waals surface area contributed by atoms with Gasteiger partial charge < -0.3 is 10.2 Å². The lowest BCUT2D eigenvalue weighted by Gasteiger charge is -2.43. The summed E-state index contributed by atoms with van der Waals surface area (Å²) >= 11 is 0. The summed E-state index contributed by atoms with van der Waals surface area (Å²) in [5.41, 5.74) is 1.26. The van der Waals surface area contributed by atoms with Gasteiger partial charge in [0.15, 0.2) is 0 Å². The Morgan fingerprint density at radius 3 is 2.74 bits per heavy atom. The molecule has 1 aromatic rings. The highest BCUT2D eigenvalue weighted by atomic mass is 16.2. The second-order valence-electron chi connectivity index (χ2n) is 6.34. The lowest BCUT2D eigenvalue weighted by molar-refractivity contribution is -0.139. The van der Waals surface area contributed by atoms with Crippen molar-refractivity contribution in [3.8, 4) is 0 Å². The molecule has 3 heteroatoms. The summed E-state index contributed by atoms with van der Waals surface area (Å²) in [5, 5.41) is 3.37. The van der Waals surface area contributed by atoms with E-state index in [0.717, 1.165) is 26.1 Å². The lowest BCUT2D eigenvalue weighted by Crippen LogP contribution is -2.60. The molecule has 19 heavy (non-hydrogen) atoms. The molecule has 1 N–H and O–H groups in total. The van der Waals surface area contributed by atoms with Gasteiger partial charge in [-0.15, -0.1) is 0 Å². The van der Waals surface area contributed by atoms with Crippen LogP contribution in [0.25, 0.3) is 0 Å². The van der Waals surface area contributed by atoms with Crippen molar-refractivity contribution >= 4 is 5.91 Å². The van der Waals surface area contributed by atoms with Gasteiger partial charge in [0.2, 0.25) is 5.91 Å². The molecular formula is C16H22N2O. The van der Waals surface area contributed by atoms with Crippen molar-refractivity contribution < 1.29 is 4.79 Å². The van der Waals surface area contributed by atoms with E-state index in [9.17, 15) is 4.79 Å². The molecule has 0 spiro atoms. The number of benzene rings is 1. The van der Waals surface area contributed by atoms with E-state index in [1.807, 2.05) is 6.07 Å². The minimum Gasteiger partial charge on any atom is -0.335 e. The van der Waals surface area contributed by atoms with Crippen LogP contribution in [0.2, 0.25) is 0 Å². The van der Waals surface area contributed by atoms with E-state index >= 15 is 0 Å². The standard InChI is InChI=1S/C16H22N2O/c1-16(2)11-17-8-9-18(16)15(19)14-10-13(14)12-6-4-3-5-7-12/h3-7,13-14,17H,8-11H2,1-2H3. The van der Waals surface area contributed by atoms with Gasteiger partial charge >= 0.3 is 0 Å². The van der Waals surface area contributed by atoms with Gasteiger partial charge in [-0.2, -0.15) is 0 Å².